The van der Waals surface area contributed by atoms with Gasteiger partial charge < -0.3 is 14.5 Å². The van der Waals surface area contributed by atoms with Crippen LogP contribution in [0.25, 0.3) is 0 Å². The van der Waals surface area contributed by atoms with Crippen LogP contribution in [0.5, 0.6) is 6.08 Å². The van der Waals surface area contributed by atoms with Crippen LogP contribution in [0.1, 0.15) is 52.1 Å². The van der Waals surface area contributed by atoms with Gasteiger partial charge in [-0.25, -0.2) is 0 Å². The predicted molar refractivity (Wildman–Crippen MR) is 66.0 cm³/mol. The molecule has 0 atom stereocenters. The standard InChI is InChI=1S/C13H22N2O2/c1-13(2,3)14-8-10-9-16-12(15-10)17-11-6-4-5-7-11/h9,11,14H,4-8H2,1-3H3. The van der Waals surface area contributed by atoms with Crippen LogP contribution >= 0.6 is 0 Å². The average molecular weight is 238 g/mol. The molecular formula is C13H22N2O2. The van der Waals surface area contributed by atoms with Crippen molar-refractivity contribution in [1.82, 2.24) is 10.3 Å². The zero-order valence-electron chi connectivity index (χ0n) is 11.0. The summed E-state index contributed by atoms with van der Waals surface area (Å²) in [5.41, 5.74) is 0.985. The van der Waals surface area contributed by atoms with Crippen LogP contribution in [-0.4, -0.2) is 16.6 Å². The molecule has 17 heavy (non-hydrogen) atoms. The molecule has 0 saturated heterocycles. The van der Waals surface area contributed by atoms with Gasteiger partial charge in [-0.1, -0.05) is 0 Å². The van der Waals surface area contributed by atoms with Crippen LogP contribution in [0.2, 0.25) is 0 Å². The Morgan fingerprint density at radius 1 is 1.41 bits per heavy atom. The lowest BCUT2D eigenvalue weighted by atomic mass is 10.1. The summed E-state index contributed by atoms with van der Waals surface area (Å²) in [7, 11) is 0. The Morgan fingerprint density at radius 3 is 2.76 bits per heavy atom. The van der Waals surface area contributed by atoms with Crippen molar-refractivity contribution in [2.45, 2.75) is 64.6 Å². The monoisotopic (exact) mass is 238 g/mol. The number of hydrogen-bond donors (Lipinski definition) is 1. The van der Waals surface area contributed by atoms with Crippen molar-refractivity contribution in [2.24, 2.45) is 0 Å². The molecule has 1 fully saturated rings. The van der Waals surface area contributed by atoms with E-state index < -0.39 is 0 Å². The molecule has 0 bridgehead atoms. The molecule has 4 nitrogen and oxygen atoms in total. The summed E-state index contributed by atoms with van der Waals surface area (Å²) in [5.74, 6) is 0. The van der Waals surface area contributed by atoms with Crippen LogP contribution in [0.15, 0.2) is 10.7 Å². The minimum absolute atomic E-state index is 0.0887. The van der Waals surface area contributed by atoms with Crippen molar-refractivity contribution in [3.8, 4) is 6.08 Å². The first-order valence-corrected chi connectivity index (χ1v) is 6.39. The van der Waals surface area contributed by atoms with Gasteiger partial charge in [0.15, 0.2) is 0 Å². The van der Waals surface area contributed by atoms with Gasteiger partial charge in [-0.3, -0.25) is 0 Å². The highest BCUT2D eigenvalue weighted by molar-refractivity contribution is 5.00. The maximum Gasteiger partial charge on any atom is 0.394 e. The largest absolute Gasteiger partial charge is 0.447 e. The van der Waals surface area contributed by atoms with Crippen LogP contribution in [0.4, 0.5) is 0 Å². The van der Waals surface area contributed by atoms with Gasteiger partial charge in [0.2, 0.25) is 0 Å². The lowest BCUT2D eigenvalue weighted by Gasteiger charge is -2.19. The van der Waals surface area contributed by atoms with Gasteiger partial charge in [-0.15, -0.1) is 0 Å². The molecular weight excluding hydrogens is 216 g/mol. The molecule has 1 heterocycles. The Morgan fingerprint density at radius 2 is 2.12 bits per heavy atom. The fraction of sp³-hybridized carbons (Fsp3) is 0.769. The van der Waals surface area contributed by atoms with E-state index >= 15 is 0 Å². The summed E-state index contributed by atoms with van der Waals surface area (Å²) in [5, 5.41) is 3.37. The SMILES string of the molecule is CC(C)(C)NCc1coc(OC2CCCC2)n1. The number of nitrogens with zero attached hydrogens (tertiary/aromatic N) is 1. The zero-order chi connectivity index (χ0) is 12.3. The Hall–Kier alpha value is -1.03. The van der Waals surface area contributed by atoms with E-state index in [1.54, 1.807) is 6.26 Å². The number of oxazole rings is 1. The van der Waals surface area contributed by atoms with Crippen molar-refractivity contribution < 1.29 is 9.15 Å². The second-order valence-corrected chi connectivity index (χ2v) is 5.73. The van der Waals surface area contributed by atoms with E-state index in [-0.39, 0.29) is 5.54 Å². The molecule has 4 heteroatoms. The highest BCUT2D eigenvalue weighted by Gasteiger charge is 2.19. The third kappa shape index (κ3) is 4.04. The molecule has 0 amide bonds. The summed E-state index contributed by atoms with van der Waals surface area (Å²) in [6.45, 7) is 7.09. The number of nitrogens with one attached hydrogen (secondary N) is 1. The topological polar surface area (TPSA) is 47.3 Å². The van der Waals surface area contributed by atoms with Gasteiger partial charge in [0.25, 0.3) is 0 Å². The van der Waals surface area contributed by atoms with E-state index in [9.17, 15) is 0 Å². The van der Waals surface area contributed by atoms with E-state index in [1.165, 1.54) is 12.8 Å². The maximum absolute atomic E-state index is 5.68. The third-order valence-electron chi connectivity index (χ3n) is 2.90. The Labute approximate surface area is 103 Å². The van der Waals surface area contributed by atoms with Gasteiger partial charge >= 0.3 is 6.08 Å². The molecule has 0 aliphatic heterocycles. The third-order valence-corrected chi connectivity index (χ3v) is 2.90. The molecule has 0 aromatic carbocycles. The van der Waals surface area contributed by atoms with Crippen LogP contribution in [-0.2, 0) is 6.54 Å². The minimum Gasteiger partial charge on any atom is -0.447 e. The summed E-state index contributed by atoms with van der Waals surface area (Å²) in [4.78, 5) is 4.33. The second-order valence-electron chi connectivity index (χ2n) is 5.73. The number of ether oxygens (including phenoxy) is 1. The summed E-state index contributed by atoms with van der Waals surface area (Å²) >= 11 is 0. The zero-order valence-corrected chi connectivity index (χ0v) is 11.0. The van der Waals surface area contributed by atoms with Crippen molar-refractivity contribution in [3.05, 3.63) is 12.0 Å². The predicted octanol–water partition coefficient (Wildman–Crippen LogP) is 2.88. The van der Waals surface area contributed by atoms with Gasteiger partial charge in [0.1, 0.15) is 12.4 Å². The second kappa shape index (κ2) is 5.08. The molecule has 2 rings (SSSR count). The molecule has 0 radical (unpaired) electrons. The van der Waals surface area contributed by atoms with E-state index in [0.29, 0.717) is 18.7 Å². The maximum atomic E-state index is 5.68. The smallest absolute Gasteiger partial charge is 0.394 e. The molecule has 96 valence electrons. The van der Waals surface area contributed by atoms with Gasteiger partial charge in [0.05, 0.1) is 5.69 Å². The minimum atomic E-state index is 0.0887. The van der Waals surface area contributed by atoms with Crippen LogP contribution < -0.4 is 10.1 Å². The van der Waals surface area contributed by atoms with Crippen LogP contribution in [0.3, 0.4) is 0 Å². The molecule has 1 N–H and O–H groups in total. The lowest BCUT2D eigenvalue weighted by molar-refractivity contribution is 0.152. The Balaban J connectivity index is 1.83. The molecule has 0 unspecified atom stereocenters. The molecule has 1 aliphatic carbocycles. The summed E-state index contributed by atoms with van der Waals surface area (Å²) in [6, 6.07) is 0. The van der Waals surface area contributed by atoms with E-state index in [1.807, 2.05) is 0 Å². The van der Waals surface area contributed by atoms with Crippen molar-refractivity contribution in [2.75, 3.05) is 0 Å². The number of aromatic nitrogens is 1. The normalized spacial score (nSPS) is 17.6. The number of hydrogen-bond acceptors (Lipinski definition) is 4. The van der Waals surface area contributed by atoms with Crippen LogP contribution in [0, 0.1) is 0 Å². The first-order chi connectivity index (χ1) is 8.03. The molecule has 1 aliphatic rings. The summed E-state index contributed by atoms with van der Waals surface area (Å²) in [6.07, 6.45) is 7.15. The summed E-state index contributed by atoms with van der Waals surface area (Å²) < 4.78 is 11.0. The molecule has 1 aromatic rings. The fourth-order valence-electron chi connectivity index (χ4n) is 1.93. The Bertz CT molecular complexity index is 349. The van der Waals surface area contributed by atoms with E-state index in [4.69, 9.17) is 9.15 Å². The Kier molecular flexibility index (Phi) is 3.72. The van der Waals surface area contributed by atoms with Crippen molar-refractivity contribution in [3.63, 3.8) is 0 Å². The molecule has 1 saturated carbocycles. The van der Waals surface area contributed by atoms with Crippen molar-refractivity contribution in [1.29, 1.82) is 0 Å². The highest BCUT2D eigenvalue weighted by Crippen LogP contribution is 2.23. The molecule has 0 spiro atoms. The van der Waals surface area contributed by atoms with Gasteiger partial charge in [-0.05, 0) is 46.5 Å². The number of rotatable bonds is 4. The molecule has 1 aromatic heterocycles. The van der Waals surface area contributed by atoms with Gasteiger partial charge in [-0.2, -0.15) is 4.98 Å². The fourth-order valence-corrected chi connectivity index (χ4v) is 1.93. The van der Waals surface area contributed by atoms with E-state index in [0.717, 1.165) is 18.5 Å². The average Bonchev–Trinajstić information content (AvgIpc) is 2.86. The first kappa shape index (κ1) is 12.4. The van der Waals surface area contributed by atoms with Crippen molar-refractivity contribution >= 4 is 0 Å². The first-order valence-electron chi connectivity index (χ1n) is 6.39. The van der Waals surface area contributed by atoms with Gasteiger partial charge in [0, 0.05) is 12.1 Å². The quantitative estimate of drug-likeness (QED) is 0.876. The van der Waals surface area contributed by atoms with E-state index in [2.05, 4.69) is 31.1 Å². The lowest BCUT2D eigenvalue weighted by Crippen LogP contribution is -2.35. The highest BCUT2D eigenvalue weighted by atomic mass is 16.6.